The molecule has 2 aromatic heterocycles. The number of halogens is 1. The third kappa shape index (κ3) is 3.60. The summed E-state index contributed by atoms with van der Waals surface area (Å²) in [4.78, 5) is 8.84. The van der Waals surface area contributed by atoms with Crippen molar-refractivity contribution in [2.24, 2.45) is 0 Å². The predicted octanol–water partition coefficient (Wildman–Crippen LogP) is 4.53. The van der Waals surface area contributed by atoms with Crippen LogP contribution in [0.1, 0.15) is 17.0 Å². The highest BCUT2D eigenvalue weighted by Gasteiger charge is 2.08. The summed E-state index contributed by atoms with van der Waals surface area (Å²) >= 11 is 6.14. The van der Waals surface area contributed by atoms with E-state index in [1.807, 2.05) is 45.0 Å². The molecule has 3 rings (SSSR count). The van der Waals surface area contributed by atoms with E-state index in [2.05, 4.69) is 25.8 Å². The summed E-state index contributed by atoms with van der Waals surface area (Å²) in [7, 11) is 0. The molecule has 0 radical (unpaired) electrons. The van der Waals surface area contributed by atoms with Crippen molar-refractivity contribution in [3.8, 4) is 0 Å². The van der Waals surface area contributed by atoms with Gasteiger partial charge in [-0.3, -0.25) is 0 Å². The summed E-state index contributed by atoms with van der Waals surface area (Å²) < 4.78 is 5.04. The monoisotopic (exact) mass is 329 g/mol. The van der Waals surface area contributed by atoms with Gasteiger partial charge in [-0.2, -0.15) is 4.98 Å². The van der Waals surface area contributed by atoms with Gasteiger partial charge in [-0.05, 0) is 38.5 Å². The van der Waals surface area contributed by atoms with Gasteiger partial charge in [0.15, 0.2) is 5.82 Å². The van der Waals surface area contributed by atoms with Gasteiger partial charge in [0, 0.05) is 28.5 Å². The Labute approximate surface area is 138 Å². The fourth-order valence-corrected chi connectivity index (χ4v) is 2.28. The van der Waals surface area contributed by atoms with Gasteiger partial charge in [-0.1, -0.05) is 22.8 Å². The van der Waals surface area contributed by atoms with Crippen molar-refractivity contribution in [3.05, 3.63) is 52.4 Å². The molecule has 23 heavy (non-hydrogen) atoms. The lowest BCUT2D eigenvalue weighted by molar-refractivity contribution is 0.400. The van der Waals surface area contributed by atoms with Crippen LogP contribution in [-0.2, 0) is 0 Å². The van der Waals surface area contributed by atoms with Crippen molar-refractivity contribution in [1.29, 1.82) is 0 Å². The number of nitrogens with one attached hydrogen (secondary N) is 2. The molecular formula is C16H16ClN5O. The molecule has 118 valence electrons. The molecule has 6 nitrogen and oxygen atoms in total. The van der Waals surface area contributed by atoms with Gasteiger partial charge >= 0.3 is 0 Å². The van der Waals surface area contributed by atoms with Crippen LogP contribution >= 0.6 is 11.6 Å². The molecule has 2 heterocycles. The Bertz CT molecular complexity index is 846. The Morgan fingerprint density at radius 3 is 2.57 bits per heavy atom. The van der Waals surface area contributed by atoms with Crippen LogP contribution in [0.5, 0.6) is 0 Å². The van der Waals surface area contributed by atoms with E-state index in [-0.39, 0.29) is 0 Å². The summed E-state index contributed by atoms with van der Waals surface area (Å²) in [6.07, 6.45) is 0. The summed E-state index contributed by atoms with van der Waals surface area (Å²) in [6.45, 7) is 5.67. The fraction of sp³-hybridized carbons (Fsp3) is 0.188. The third-order valence-corrected chi connectivity index (χ3v) is 3.66. The van der Waals surface area contributed by atoms with Crippen LogP contribution in [-0.4, -0.2) is 15.1 Å². The van der Waals surface area contributed by atoms with Crippen LogP contribution in [0.2, 0.25) is 5.02 Å². The highest BCUT2D eigenvalue weighted by Crippen LogP contribution is 2.25. The minimum Gasteiger partial charge on any atom is -0.360 e. The number of aryl methyl sites for hydroxylation is 2. The van der Waals surface area contributed by atoms with Gasteiger partial charge in [-0.25, -0.2) is 4.98 Å². The van der Waals surface area contributed by atoms with Crippen molar-refractivity contribution in [2.45, 2.75) is 20.8 Å². The van der Waals surface area contributed by atoms with Crippen molar-refractivity contribution >= 4 is 34.9 Å². The zero-order chi connectivity index (χ0) is 16.4. The average molecular weight is 330 g/mol. The molecule has 7 heteroatoms. The number of hydrogen-bond donors (Lipinski definition) is 2. The van der Waals surface area contributed by atoms with Crippen LogP contribution in [0.4, 0.5) is 23.3 Å². The molecular weight excluding hydrogens is 314 g/mol. The van der Waals surface area contributed by atoms with Gasteiger partial charge in [0.2, 0.25) is 5.95 Å². The summed E-state index contributed by atoms with van der Waals surface area (Å²) in [5.74, 6) is 2.45. The van der Waals surface area contributed by atoms with E-state index in [1.54, 1.807) is 6.07 Å². The first-order valence-electron chi connectivity index (χ1n) is 7.09. The van der Waals surface area contributed by atoms with Gasteiger partial charge in [0.25, 0.3) is 0 Å². The largest absolute Gasteiger partial charge is 0.360 e. The molecule has 0 fully saturated rings. The number of anilines is 4. The zero-order valence-corrected chi connectivity index (χ0v) is 13.8. The van der Waals surface area contributed by atoms with Crippen molar-refractivity contribution in [2.75, 3.05) is 10.6 Å². The first-order valence-corrected chi connectivity index (χ1v) is 7.47. The van der Waals surface area contributed by atoms with Gasteiger partial charge in [0.1, 0.15) is 11.6 Å². The molecule has 2 N–H and O–H groups in total. The second-order valence-electron chi connectivity index (χ2n) is 5.20. The zero-order valence-electron chi connectivity index (χ0n) is 13.0. The molecule has 0 aliphatic carbocycles. The Morgan fingerprint density at radius 2 is 1.83 bits per heavy atom. The van der Waals surface area contributed by atoms with Gasteiger partial charge in [0.05, 0.1) is 0 Å². The molecule has 0 amide bonds. The van der Waals surface area contributed by atoms with Crippen LogP contribution in [0.15, 0.2) is 34.9 Å². The SMILES string of the molecule is Cc1cc(Nc2cc(C)on2)nc(Nc2cccc(Cl)c2C)n1. The molecule has 0 unspecified atom stereocenters. The number of hydrogen-bond acceptors (Lipinski definition) is 6. The predicted molar refractivity (Wildman–Crippen MR) is 90.8 cm³/mol. The van der Waals surface area contributed by atoms with E-state index in [0.717, 1.165) is 22.7 Å². The maximum Gasteiger partial charge on any atom is 0.229 e. The summed E-state index contributed by atoms with van der Waals surface area (Å²) in [6, 6.07) is 9.29. The van der Waals surface area contributed by atoms with E-state index in [9.17, 15) is 0 Å². The van der Waals surface area contributed by atoms with E-state index < -0.39 is 0 Å². The number of benzene rings is 1. The highest BCUT2D eigenvalue weighted by atomic mass is 35.5. The quantitative estimate of drug-likeness (QED) is 0.732. The number of aromatic nitrogens is 3. The number of rotatable bonds is 4. The molecule has 0 aliphatic heterocycles. The second-order valence-corrected chi connectivity index (χ2v) is 5.61. The first kappa shape index (κ1) is 15.3. The lowest BCUT2D eigenvalue weighted by atomic mass is 10.2. The van der Waals surface area contributed by atoms with Crippen molar-refractivity contribution in [1.82, 2.24) is 15.1 Å². The summed E-state index contributed by atoms with van der Waals surface area (Å²) in [5.41, 5.74) is 2.64. The Morgan fingerprint density at radius 1 is 1.00 bits per heavy atom. The second kappa shape index (κ2) is 6.26. The average Bonchev–Trinajstić information content (AvgIpc) is 2.88. The normalized spacial score (nSPS) is 10.6. The molecule has 0 atom stereocenters. The van der Waals surface area contributed by atoms with E-state index in [0.29, 0.717) is 22.6 Å². The topological polar surface area (TPSA) is 75.9 Å². The highest BCUT2D eigenvalue weighted by molar-refractivity contribution is 6.31. The lowest BCUT2D eigenvalue weighted by Crippen LogP contribution is -2.03. The van der Waals surface area contributed by atoms with Crippen LogP contribution < -0.4 is 10.6 Å². The molecule has 0 aliphatic rings. The fourth-order valence-electron chi connectivity index (χ4n) is 2.11. The Balaban J connectivity index is 1.86. The lowest BCUT2D eigenvalue weighted by Gasteiger charge is -2.11. The molecule has 1 aromatic carbocycles. The number of nitrogens with zero attached hydrogens (tertiary/aromatic N) is 3. The maximum atomic E-state index is 6.14. The molecule has 0 spiro atoms. The minimum absolute atomic E-state index is 0.484. The molecule has 0 saturated heterocycles. The van der Waals surface area contributed by atoms with Crippen LogP contribution in [0, 0.1) is 20.8 Å². The summed E-state index contributed by atoms with van der Waals surface area (Å²) in [5, 5.41) is 10.9. The molecule has 3 aromatic rings. The maximum absolute atomic E-state index is 6.14. The first-order chi connectivity index (χ1) is 11.0. The standard InChI is InChI=1S/C16H16ClN5O/c1-9-7-14(20-15-8-10(2)23-22-15)21-16(18-9)19-13-6-4-5-12(17)11(13)3/h4-8H,1-3H3,(H2,18,19,20,21,22). The van der Waals surface area contributed by atoms with Crippen molar-refractivity contribution < 1.29 is 4.52 Å². The van der Waals surface area contributed by atoms with Crippen LogP contribution in [0.25, 0.3) is 0 Å². The molecule has 0 bridgehead atoms. The Hall–Kier alpha value is -2.60. The smallest absolute Gasteiger partial charge is 0.229 e. The molecule has 0 saturated carbocycles. The van der Waals surface area contributed by atoms with E-state index >= 15 is 0 Å². The van der Waals surface area contributed by atoms with E-state index in [4.69, 9.17) is 16.1 Å². The van der Waals surface area contributed by atoms with E-state index in [1.165, 1.54) is 0 Å². The van der Waals surface area contributed by atoms with Crippen molar-refractivity contribution in [3.63, 3.8) is 0 Å². The van der Waals surface area contributed by atoms with Gasteiger partial charge < -0.3 is 15.2 Å². The van der Waals surface area contributed by atoms with Gasteiger partial charge in [-0.15, -0.1) is 0 Å². The minimum atomic E-state index is 0.484. The van der Waals surface area contributed by atoms with Crippen LogP contribution in [0.3, 0.4) is 0 Å². The Kier molecular flexibility index (Phi) is 4.16. The third-order valence-electron chi connectivity index (χ3n) is 3.25.